The van der Waals surface area contributed by atoms with Gasteiger partial charge in [-0.3, -0.25) is 9.89 Å². The van der Waals surface area contributed by atoms with Gasteiger partial charge in [0.25, 0.3) is 0 Å². The first kappa shape index (κ1) is 13.1. The lowest BCUT2D eigenvalue weighted by atomic mass is 10.0. The minimum Gasteiger partial charge on any atom is -0.497 e. The molecule has 0 aliphatic heterocycles. The molecule has 1 aromatic heterocycles. The summed E-state index contributed by atoms with van der Waals surface area (Å²) in [4.78, 5) is 12.6. The molecule has 0 atom stereocenters. The Kier molecular flexibility index (Phi) is 3.51. The molecule has 0 saturated heterocycles. The molecule has 0 unspecified atom stereocenters. The largest absolute Gasteiger partial charge is 0.497 e. The fourth-order valence-corrected chi connectivity index (χ4v) is 2.18. The zero-order valence-corrected chi connectivity index (χ0v) is 11.5. The van der Waals surface area contributed by atoms with Crippen LogP contribution < -0.4 is 10.2 Å². The van der Waals surface area contributed by atoms with Gasteiger partial charge in [-0.05, 0) is 17.7 Å². The van der Waals surface area contributed by atoms with Gasteiger partial charge in [0.1, 0.15) is 11.4 Å². The van der Waals surface area contributed by atoms with Crippen LogP contribution in [-0.4, -0.2) is 17.3 Å². The van der Waals surface area contributed by atoms with E-state index in [0.29, 0.717) is 11.3 Å². The van der Waals surface area contributed by atoms with E-state index < -0.39 is 0 Å². The molecule has 1 N–H and O–H groups in total. The zero-order valence-electron chi connectivity index (χ0n) is 11.5. The predicted molar refractivity (Wildman–Crippen MR) is 82.3 cm³/mol. The fraction of sp³-hybridized carbons (Fsp3) is 0.0588. The molecule has 0 radical (unpaired) electrons. The first-order valence-electron chi connectivity index (χ1n) is 6.57. The molecule has 0 amide bonds. The molecule has 3 aromatic rings. The van der Waals surface area contributed by atoms with Crippen LogP contribution in [0.4, 0.5) is 0 Å². The second-order valence-corrected chi connectivity index (χ2v) is 4.57. The van der Waals surface area contributed by atoms with Crippen LogP contribution in [0, 0.1) is 0 Å². The fourth-order valence-electron chi connectivity index (χ4n) is 2.18. The highest BCUT2D eigenvalue weighted by molar-refractivity contribution is 5.69. The molecule has 1 heterocycles. The highest BCUT2D eigenvalue weighted by Crippen LogP contribution is 2.21. The summed E-state index contributed by atoms with van der Waals surface area (Å²) in [6.45, 7) is 0. The lowest BCUT2D eigenvalue weighted by Crippen LogP contribution is -2.11. The zero-order chi connectivity index (χ0) is 14.7. The Morgan fingerprint density at radius 3 is 2.33 bits per heavy atom. The van der Waals surface area contributed by atoms with Gasteiger partial charge in [0.05, 0.1) is 7.11 Å². The van der Waals surface area contributed by atoms with Crippen molar-refractivity contribution in [3.63, 3.8) is 0 Å². The van der Waals surface area contributed by atoms with Crippen molar-refractivity contribution >= 4 is 0 Å². The summed E-state index contributed by atoms with van der Waals surface area (Å²) in [7, 11) is 1.61. The number of nitrogens with one attached hydrogen (secondary N) is 1. The molecule has 104 valence electrons. The van der Waals surface area contributed by atoms with E-state index in [4.69, 9.17) is 4.74 Å². The van der Waals surface area contributed by atoms with Crippen molar-refractivity contribution in [1.82, 2.24) is 10.2 Å². The molecule has 21 heavy (non-hydrogen) atoms. The van der Waals surface area contributed by atoms with E-state index in [2.05, 4.69) is 10.2 Å². The second-order valence-electron chi connectivity index (χ2n) is 4.57. The van der Waals surface area contributed by atoms with E-state index in [1.807, 2.05) is 54.6 Å². The second kappa shape index (κ2) is 5.63. The van der Waals surface area contributed by atoms with Crippen LogP contribution in [0.2, 0.25) is 0 Å². The molecule has 4 heteroatoms. The normalized spacial score (nSPS) is 10.3. The minimum absolute atomic E-state index is 0.0925. The number of hydrogen-bond donors (Lipinski definition) is 1. The number of methoxy groups -OCH3 is 1. The molecule has 0 saturated carbocycles. The maximum atomic E-state index is 12.6. The molecule has 0 aliphatic carbocycles. The molecule has 0 spiro atoms. The Morgan fingerprint density at radius 1 is 0.952 bits per heavy atom. The van der Waals surface area contributed by atoms with Crippen LogP contribution in [0.1, 0.15) is 0 Å². The number of aromatic nitrogens is 2. The highest BCUT2D eigenvalue weighted by Gasteiger charge is 2.10. The topological polar surface area (TPSA) is 55.0 Å². The van der Waals surface area contributed by atoms with E-state index in [-0.39, 0.29) is 5.43 Å². The van der Waals surface area contributed by atoms with Gasteiger partial charge < -0.3 is 4.74 Å². The number of rotatable bonds is 3. The first-order chi connectivity index (χ1) is 10.3. The van der Waals surface area contributed by atoms with Gasteiger partial charge in [-0.2, -0.15) is 5.10 Å². The number of H-pyrrole nitrogens is 1. The van der Waals surface area contributed by atoms with Gasteiger partial charge in [0.15, 0.2) is 0 Å². The van der Waals surface area contributed by atoms with Crippen molar-refractivity contribution in [2.24, 2.45) is 0 Å². The number of ether oxygens (including phenoxy) is 1. The third kappa shape index (κ3) is 2.56. The first-order valence-corrected chi connectivity index (χ1v) is 6.57. The van der Waals surface area contributed by atoms with Gasteiger partial charge in [-0.25, -0.2) is 0 Å². The van der Waals surface area contributed by atoms with Crippen molar-refractivity contribution in [2.75, 3.05) is 7.11 Å². The quantitative estimate of drug-likeness (QED) is 0.801. The number of benzene rings is 2. The van der Waals surface area contributed by atoms with Gasteiger partial charge in [-0.1, -0.05) is 42.5 Å². The third-order valence-electron chi connectivity index (χ3n) is 3.29. The number of aromatic amines is 1. The number of hydrogen-bond acceptors (Lipinski definition) is 3. The predicted octanol–water partition coefficient (Wildman–Crippen LogP) is 3.11. The van der Waals surface area contributed by atoms with E-state index in [0.717, 1.165) is 16.9 Å². The lowest BCUT2D eigenvalue weighted by molar-refractivity contribution is 0.415. The average molecular weight is 278 g/mol. The summed E-state index contributed by atoms with van der Waals surface area (Å²) in [5.41, 5.74) is 2.55. The minimum atomic E-state index is -0.0925. The Balaban J connectivity index is 2.10. The van der Waals surface area contributed by atoms with E-state index in [1.165, 1.54) is 0 Å². The molecule has 3 rings (SSSR count). The van der Waals surface area contributed by atoms with Crippen LogP contribution in [0.3, 0.4) is 0 Å². The van der Waals surface area contributed by atoms with Crippen molar-refractivity contribution in [3.8, 4) is 28.1 Å². The van der Waals surface area contributed by atoms with Gasteiger partial charge in [0, 0.05) is 17.3 Å². The summed E-state index contributed by atoms with van der Waals surface area (Å²) in [5.74, 6) is 0.757. The maximum Gasteiger partial charge on any atom is 0.215 e. The van der Waals surface area contributed by atoms with Gasteiger partial charge in [-0.15, -0.1) is 0 Å². The van der Waals surface area contributed by atoms with Crippen LogP contribution in [0.5, 0.6) is 5.75 Å². The molecular formula is C17H14N2O2. The number of nitrogens with zero attached hydrogens (tertiary/aromatic N) is 1. The summed E-state index contributed by atoms with van der Waals surface area (Å²) in [5, 5.41) is 6.92. The lowest BCUT2D eigenvalue weighted by Gasteiger charge is -2.05. The van der Waals surface area contributed by atoms with Crippen LogP contribution in [-0.2, 0) is 0 Å². The summed E-state index contributed by atoms with van der Waals surface area (Å²) < 4.78 is 5.13. The summed E-state index contributed by atoms with van der Waals surface area (Å²) >= 11 is 0. The maximum absolute atomic E-state index is 12.6. The van der Waals surface area contributed by atoms with E-state index >= 15 is 0 Å². The van der Waals surface area contributed by atoms with Crippen molar-refractivity contribution in [2.45, 2.75) is 0 Å². The Morgan fingerprint density at radius 2 is 1.67 bits per heavy atom. The molecule has 0 bridgehead atoms. The van der Waals surface area contributed by atoms with Crippen molar-refractivity contribution in [3.05, 3.63) is 71.0 Å². The summed E-state index contributed by atoms with van der Waals surface area (Å²) in [6, 6.07) is 16.8. The smallest absolute Gasteiger partial charge is 0.215 e. The molecule has 4 nitrogen and oxygen atoms in total. The highest BCUT2D eigenvalue weighted by atomic mass is 16.5. The van der Waals surface area contributed by atoms with Gasteiger partial charge in [0.2, 0.25) is 5.43 Å². The summed E-state index contributed by atoms with van der Waals surface area (Å²) in [6.07, 6.45) is 1.62. The molecule has 0 aliphatic rings. The molecule has 0 fully saturated rings. The monoisotopic (exact) mass is 278 g/mol. The van der Waals surface area contributed by atoms with Gasteiger partial charge >= 0.3 is 0 Å². The average Bonchev–Trinajstić information content (AvgIpc) is 2.56. The third-order valence-corrected chi connectivity index (χ3v) is 3.29. The molecule has 2 aromatic carbocycles. The SMILES string of the molecule is COc1ccc(-c2c[nH]nc(-c3ccccc3)c2=O)cc1. The van der Waals surface area contributed by atoms with Crippen LogP contribution in [0.15, 0.2) is 65.6 Å². The Labute approximate surface area is 122 Å². The Bertz CT molecular complexity index is 793. The van der Waals surface area contributed by atoms with E-state index in [9.17, 15) is 4.79 Å². The van der Waals surface area contributed by atoms with Crippen LogP contribution >= 0.6 is 0 Å². The van der Waals surface area contributed by atoms with Crippen LogP contribution in [0.25, 0.3) is 22.4 Å². The van der Waals surface area contributed by atoms with E-state index in [1.54, 1.807) is 13.3 Å². The standard InChI is InChI=1S/C17H14N2O2/c1-21-14-9-7-12(8-10-14)15-11-18-19-16(17(15)20)13-5-3-2-4-6-13/h2-11H,1H3,(H,18,20). The van der Waals surface area contributed by atoms with Crippen molar-refractivity contribution < 1.29 is 4.74 Å². The Hall–Kier alpha value is -2.88. The molecular weight excluding hydrogens is 264 g/mol. The van der Waals surface area contributed by atoms with Crippen molar-refractivity contribution in [1.29, 1.82) is 0 Å².